The molecule has 2 N–H and O–H groups in total. The van der Waals surface area contributed by atoms with Gasteiger partial charge in [0.25, 0.3) is 5.91 Å². The molecule has 1 saturated heterocycles. The second kappa shape index (κ2) is 5.10. The van der Waals surface area contributed by atoms with Crippen LogP contribution in [0.25, 0.3) is 10.9 Å². The molecule has 2 aliphatic rings. The molecule has 2 aromatic rings. The van der Waals surface area contributed by atoms with Crippen LogP contribution in [0.4, 0.5) is 5.69 Å². The number of nitrogens with zero attached hydrogens (tertiary/aromatic N) is 1. The van der Waals surface area contributed by atoms with E-state index in [-0.39, 0.29) is 17.2 Å². The van der Waals surface area contributed by atoms with Gasteiger partial charge in [-0.3, -0.25) is 9.59 Å². The molecule has 0 radical (unpaired) electrons. The Kier molecular flexibility index (Phi) is 3.30. The molecule has 2 heterocycles. The van der Waals surface area contributed by atoms with Gasteiger partial charge in [0.15, 0.2) is 0 Å². The SMILES string of the molecule is CC(=O)Nc1cccc2c(C(=O)N3CC4(C)CC(C)(C)CC34)c[nH]c12. The number of nitrogens with one attached hydrogen (secondary N) is 2. The van der Waals surface area contributed by atoms with Crippen molar-refractivity contribution in [3.63, 3.8) is 0 Å². The Bertz CT molecular complexity index is 882. The highest BCUT2D eigenvalue weighted by atomic mass is 16.2. The minimum atomic E-state index is -0.123. The van der Waals surface area contributed by atoms with Crippen molar-refractivity contribution in [2.24, 2.45) is 10.8 Å². The zero-order valence-corrected chi connectivity index (χ0v) is 15.3. The van der Waals surface area contributed by atoms with E-state index in [4.69, 9.17) is 0 Å². The van der Waals surface area contributed by atoms with Gasteiger partial charge in [-0.25, -0.2) is 0 Å². The second-order valence-electron chi connectivity index (χ2n) is 8.76. The van der Waals surface area contributed by atoms with Crippen LogP contribution in [0.15, 0.2) is 24.4 Å². The standard InChI is InChI=1S/C20H25N3O2/c1-12(24)22-15-7-5-6-13-14(9-21-17(13)15)18(25)23-11-20(4)10-19(2,3)8-16(20)23/h5-7,9,16,21H,8,10-11H2,1-4H3,(H,22,24). The number of hydrogen-bond donors (Lipinski definition) is 2. The third-order valence-electron chi connectivity index (χ3n) is 5.86. The topological polar surface area (TPSA) is 65.2 Å². The predicted molar refractivity (Wildman–Crippen MR) is 98.5 cm³/mol. The van der Waals surface area contributed by atoms with Gasteiger partial charge < -0.3 is 15.2 Å². The third kappa shape index (κ3) is 2.44. The average molecular weight is 339 g/mol. The van der Waals surface area contributed by atoms with E-state index in [1.165, 1.54) is 13.3 Å². The Morgan fingerprint density at radius 2 is 2.04 bits per heavy atom. The minimum Gasteiger partial charge on any atom is -0.359 e. The molecule has 1 aliphatic heterocycles. The van der Waals surface area contributed by atoms with E-state index < -0.39 is 0 Å². The molecule has 1 saturated carbocycles. The molecule has 5 nitrogen and oxygen atoms in total. The molecule has 2 amide bonds. The van der Waals surface area contributed by atoms with Crippen LogP contribution in [0.5, 0.6) is 0 Å². The predicted octanol–water partition coefficient (Wildman–Crippen LogP) is 3.78. The summed E-state index contributed by atoms with van der Waals surface area (Å²) in [6.45, 7) is 9.21. The summed E-state index contributed by atoms with van der Waals surface area (Å²) in [5.41, 5.74) is 2.75. The highest BCUT2D eigenvalue weighted by molar-refractivity contribution is 6.11. The summed E-state index contributed by atoms with van der Waals surface area (Å²) in [5.74, 6) is -0.0342. The first-order chi connectivity index (χ1) is 11.7. The van der Waals surface area contributed by atoms with E-state index in [9.17, 15) is 9.59 Å². The van der Waals surface area contributed by atoms with E-state index in [0.29, 0.717) is 22.7 Å². The number of rotatable bonds is 2. The second-order valence-corrected chi connectivity index (χ2v) is 8.76. The number of likely N-dealkylation sites (tertiary alicyclic amines) is 1. The molecule has 2 unspecified atom stereocenters. The number of hydrogen-bond acceptors (Lipinski definition) is 2. The molecule has 2 fully saturated rings. The molecule has 1 aromatic heterocycles. The minimum absolute atomic E-state index is 0.0893. The Labute approximate surface area is 147 Å². The van der Waals surface area contributed by atoms with Crippen molar-refractivity contribution in [2.75, 3.05) is 11.9 Å². The van der Waals surface area contributed by atoms with Crippen molar-refractivity contribution in [3.05, 3.63) is 30.0 Å². The van der Waals surface area contributed by atoms with Gasteiger partial charge in [-0.15, -0.1) is 0 Å². The number of aromatic amines is 1. The maximum atomic E-state index is 13.2. The number of H-pyrrole nitrogens is 1. The van der Waals surface area contributed by atoms with Gasteiger partial charge in [-0.1, -0.05) is 32.9 Å². The molecular weight excluding hydrogens is 314 g/mol. The number of carbonyl (C=O) groups excluding carboxylic acids is 2. The van der Waals surface area contributed by atoms with Crippen molar-refractivity contribution < 1.29 is 9.59 Å². The first-order valence-electron chi connectivity index (χ1n) is 8.89. The number of amides is 2. The fraction of sp³-hybridized carbons (Fsp3) is 0.500. The van der Waals surface area contributed by atoms with E-state index in [2.05, 4.69) is 31.1 Å². The molecule has 25 heavy (non-hydrogen) atoms. The molecule has 1 aliphatic carbocycles. The first kappa shape index (κ1) is 16.2. The van der Waals surface area contributed by atoms with Crippen LogP contribution in [-0.4, -0.2) is 34.3 Å². The summed E-state index contributed by atoms with van der Waals surface area (Å²) in [6.07, 6.45) is 4.01. The van der Waals surface area contributed by atoms with Crippen LogP contribution >= 0.6 is 0 Å². The van der Waals surface area contributed by atoms with Gasteiger partial charge in [-0.05, 0) is 24.3 Å². The lowest BCUT2D eigenvalue weighted by Gasteiger charge is -2.52. The first-order valence-corrected chi connectivity index (χ1v) is 8.89. The summed E-state index contributed by atoms with van der Waals surface area (Å²) < 4.78 is 0. The molecule has 0 spiro atoms. The lowest BCUT2D eigenvalue weighted by atomic mass is 9.74. The van der Waals surface area contributed by atoms with Crippen LogP contribution in [0, 0.1) is 10.8 Å². The number of benzene rings is 1. The molecule has 5 heteroatoms. The zero-order chi connectivity index (χ0) is 18.0. The summed E-state index contributed by atoms with van der Waals surface area (Å²) in [5, 5.41) is 3.68. The maximum Gasteiger partial charge on any atom is 0.256 e. The summed E-state index contributed by atoms with van der Waals surface area (Å²) in [7, 11) is 0. The van der Waals surface area contributed by atoms with E-state index in [0.717, 1.165) is 23.9 Å². The Balaban J connectivity index is 1.65. The van der Waals surface area contributed by atoms with Crippen molar-refractivity contribution in [1.29, 1.82) is 0 Å². The normalized spacial score (nSPS) is 27.0. The smallest absolute Gasteiger partial charge is 0.256 e. The summed E-state index contributed by atoms with van der Waals surface area (Å²) in [4.78, 5) is 29.7. The highest BCUT2D eigenvalue weighted by Gasteiger charge is 2.59. The van der Waals surface area contributed by atoms with Gasteiger partial charge >= 0.3 is 0 Å². The van der Waals surface area contributed by atoms with Crippen molar-refractivity contribution in [2.45, 2.75) is 46.6 Å². The van der Waals surface area contributed by atoms with Crippen molar-refractivity contribution in [1.82, 2.24) is 9.88 Å². The number of fused-ring (bicyclic) bond motifs is 2. The third-order valence-corrected chi connectivity index (χ3v) is 5.86. The fourth-order valence-corrected chi connectivity index (χ4v) is 5.08. The Hall–Kier alpha value is -2.30. The van der Waals surface area contributed by atoms with Gasteiger partial charge in [0.05, 0.1) is 16.8 Å². The monoisotopic (exact) mass is 339 g/mol. The zero-order valence-electron chi connectivity index (χ0n) is 15.3. The lowest BCUT2D eigenvalue weighted by molar-refractivity contribution is -0.114. The molecule has 4 rings (SSSR count). The maximum absolute atomic E-state index is 13.2. The number of aromatic nitrogens is 1. The molecule has 0 bridgehead atoms. The Morgan fingerprint density at radius 1 is 1.28 bits per heavy atom. The lowest BCUT2D eigenvalue weighted by Crippen LogP contribution is -2.62. The van der Waals surface area contributed by atoms with Crippen molar-refractivity contribution >= 4 is 28.4 Å². The molecule has 132 valence electrons. The van der Waals surface area contributed by atoms with Gasteiger partial charge in [0, 0.05) is 36.5 Å². The largest absolute Gasteiger partial charge is 0.359 e. The highest BCUT2D eigenvalue weighted by Crippen LogP contribution is 2.57. The van der Waals surface area contributed by atoms with Crippen LogP contribution in [0.2, 0.25) is 0 Å². The van der Waals surface area contributed by atoms with Crippen LogP contribution in [-0.2, 0) is 4.79 Å². The summed E-state index contributed by atoms with van der Waals surface area (Å²) in [6, 6.07) is 5.98. The van der Waals surface area contributed by atoms with Gasteiger partial charge in [0.1, 0.15) is 0 Å². The quantitative estimate of drug-likeness (QED) is 0.874. The van der Waals surface area contributed by atoms with Crippen molar-refractivity contribution in [3.8, 4) is 0 Å². The van der Waals surface area contributed by atoms with Gasteiger partial charge in [-0.2, -0.15) is 0 Å². The van der Waals surface area contributed by atoms with E-state index in [1.807, 2.05) is 23.1 Å². The van der Waals surface area contributed by atoms with E-state index >= 15 is 0 Å². The number of carbonyl (C=O) groups is 2. The molecule has 2 atom stereocenters. The number of anilines is 1. The van der Waals surface area contributed by atoms with E-state index in [1.54, 1.807) is 6.20 Å². The average Bonchev–Trinajstić information content (AvgIpc) is 3.01. The van der Waals surface area contributed by atoms with Gasteiger partial charge in [0.2, 0.25) is 5.91 Å². The van der Waals surface area contributed by atoms with Crippen LogP contribution in [0.1, 0.15) is 50.9 Å². The summed E-state index contributed by atoms with van der Waals surface area (Å²) >= 11 is 0. The number of para-hydroxylation sites is 1. The Morgan fingerprint density at radius 3 is 2.72 bits per heavy atom. The van der Waals surface area contributed by atoms with Crippen LogP contribution < -0.4 is 5.32 Å². The van der Waals surface area contributed by atoms with Crippen LogP contribution in [0.3, 0.4) is 0 Å². The molecule has 1 aromatic carbocycles. The molecular formula is C20H25N3O2. The fourth-order valence-electron chi connectivity index (χ4n) is 5.08.